The van der Waals surface area contributed by atoms with Crippen molar-refractivity contribution in [1.82, 2.24) is 15.6 Å². The summed E-state index contributed by atoms with van der Waals surface area (Å²) in [6.07, 6.45) is 2.39. The number of aliphatic imine (C=N–C) groups is 1. The lowest BCUT2D eigenvalue weighted by atomic mass is 10.0. The molecule has 0 saturated carbocycles. The number of guanidine groups is 1. The average Bonchev–Trinajstić information content (AvgIpc) is 2.71. The van der Waals surface area contributed by atoms with E-state index in [1.807, 2.05) is 7.05 Å². The van der Waals surface area contributed by atoms with Crippen molar-refractivity contribution in [2.24, 2.45) is 10.9 Å². The molecule has 0 spiro atoms. The Kier molecular flexibility index (Phi) is 10.2. The molecule has 0 aliphatic carbocycles. The maximum atomic E-state index is 4.53. The Balaban J connectivity index is 0.00000400. The largest absolute Gasteiger partial charge is 0.354 e. The number of hydrogen-bond acceptors (Lipinski definition) is 3. The van der Waals surface area contributed by atoms with Gasteiger partial charge in [0.15, 0.2) is 5.96 Å². The molecule has 6 heteroatoms. The van der Waals surface area contributed by atoms with Crippen LogP contribution in [0.1, 0.15) is 49.2 Å². The number of halogens is 1. The van der Waals surface area contributed by atoms with Crippen LogP contribution in [0.5, 0.6) is 0 Å². The molecule has 0 aliphatic heterocycles. The molecule has 0 bridgehead atoms. The lowest BCUT2D eigenvalue weighted by molar-refractivity contribution is 0.489. The van der Waals surface area contributed by atoms with Crippen molar-refractivity contribution in [3.8, 4) is 0 Å². The topological polar surface area (TPSA) is 49.3 Å². The van der Waals surface area contributed by atoms with E-state index in [0.717, 1.165) is 35.5 Å². The molecule has 1 heterocycles. The van der Waals surface area contributed by atoms with Crippen LogP contribution in [0, 0.1) is 19.8 Å². The van der Waals surface area contributed by atoms with Gasteiger partial charge in [-0.2, -0.15) is 0 Å². The third-order valence-electron chi connectivity index (χ3n) is 3.26. The van der Waals surface area contributed by atoms with E-state index in [1.165, 1.54) is 11.3 Å². The molecule has 1 aromatic rings. The molecule has 21 heavy (non-hydrogen) atoms. The van der Waals surface area contributed by atoms with E-state index in [2.05, 4.69) is 55.2 Å². The van der Waals surface area contributed by atoms with E-state index in [4.69, 9.17) is 0 Å². The minimum atomic E-state index is 0. The van der Waals surface area contributed by atoms with Gasteiger partial charge in [-0.05, 0) is 39.5 Å². The van der Waals surface area contributed by atoms with E-state index in [1.54, 1.807) is 11.3 Å². The Morgan fingerprint density at radius 3 is 2.38 bits per heavy atom. The summed E-state index contributed by atoms with van der Waals surface area (Å²) in [5.74, 6) is 1.60. The van der Waals surface area contributed by atoms with Crippen LogP contribution in [0.4, 0.5) is 0 Å². The van der Waals surface area contributed by atoms with Crippen molar-refractivity contribution in [3.05, 3.63) is 15.6 Å². The van der Waals surface area contributed by atoms with Crippen molar-refractivity contribution in [2.45, 2.75) is 60.0 Å². The smallest absolute Gasteiger partial charge is 0.191 e. The van der Waals surface area contributed by atoms with Crippen LogP contribution in [0.25, 0.3) is 0 Å². The monoisotopic (exact) mass is 424 g/mol. The molecule has 4 nitrogen and oxygen atoms in total. The van der Waals surface area contributed by atoms with Gasteiger partial charge < -0.3 is 10.6 Å². The van der Waals surface area contributed by atoms with Crippen molar-refractivity contribution < 1.29 is 0 Å². The first-order chi connectivity index (χ1) is 9.42. The highest BCUT2D eigenvalue weighted by Crippen LogP contribution is 2.15. The molecular formula is C15H29IN4S. The summed E-state index contributed by atoms with van der Waals surface area (Å²) >= 11 is 1.74. The molecule has 122 valence electrons. The van der Waals surface area contributed by atoms with Gasteiger partial charge in [0.05, 0.1) is 12.2 Å². The summed E-state index contributed by atoms with van der Waals surface area (Å²) in [5, 5.41) is 7.87. The van der Waals surface area contributed by atoms with Gasteiger partial charge in [0.2, 0.25) is 0 Å². The van der Waals surface area contributed by atoms with E-state index >= 15 is 0 Å². The SMILES string of the molecule is CN=C(NCc1nc(C)c(C)s1)NC(C)CCC(C)C.I. The first kappa shape index (κ1) is 20.6. The van der Waals surface area contributed by atoms with E-state index in [9.17, 15) is 0 Å². The zero-order valence-corrected chi connectivity index (χ0v) is 17.1. The molecular weight excluding hydrogens is 395 g/mol. The van der Waals surface area contributed by atoms with Gasteiger partial charge in [0.25, 0.3) is 0 Å². The number of aryl methyl sites for hydroxylation is 2. The molecule has 2 N–H and O–H groups in total. The second kappa shape index (κ2) is 10.4. The van der Waals surface area contributed by atoms with Gasteiger partial charge in [0, 0.05) is 18.0 Å². The Bertz CT molecular complexity index is 423. The average molecular weight is 424 g/mol. The first-order valence-corrected chi connectivity index (χ1v) is 8.14. The van der Waals surface area contributed by atoms with Crippen LogP contribution in [-0.2, 0) is 6.54 Å². The standard InChI is InChI=1S/C15H28N4S.HI/c1-10(2)7-8-11(3)18-15(16-6)17-9-14-19-12(4)13(5)20-14;/h10-11H,7-9H2,1-6H3,(H2,16,17,18);1H. The maximum absolute atomic E-state index is 4.53. The Labute approximate surface area is 150 Å². The highest BCUT2D eigenvalue weighted by molar-refractivity contribution is 14.0. The van der Waals surface area contributed by atoms with Crippen molar-refractivity contribution >= 4 is 41.3 Å². The summed E-state index contributed by atoms with van der Waals surface area (Å²) in [5.41, 5.74) is 1.13. The summed E-state index contributed by atoms with van der Waals surface area (Å²) < 4.78 is 0. The summed E-state index contributed by atoms with van der Waals surface area (Å²) in [6.45, 7) is 11.6. The van der Waals surface area contributed by atoms with Gasteiger partial charge in [-0.25, -0.2) is 4.98 Å². The quantitative estimate of drug-likeness (QED) is 0.414. The van der Waals surface area contributed by atoms with Crippen molar-refractivity contribution in [3.63, 3.8) is 0 Å². The normalized spacial score (nSPS) is 13.0. The van der Waals surface area contributed by atoms with Crippen LogP contribution >= 0.6 is 35.3 Å². The van der Waals surface area contributed by atoms with E-state index in [0.29, 0.717) is 6.04 Å². The Morgan fingerprint density at radius 2 is 1.90 bits per heavy atom. The molecule has 0 radical (unpaired) electrons. The van der Waals surface area contributed by atoms with Crippen LogP contribution in [0.3, 0.4) is 0 Å². The van der Waals surface area contributed by atoms with Gasteiger partial charge in [-0.15, -0.1) is 35.3 Å². The number of nitrogens with one attached hydrogen (secondary N) is 2. The molecule has 1 rings (SSSR count). The van der Waals surface area contributed by atoms with Crippen LogP contribution in [-0.4, -0.2) is 24.0 Å². The molecule has 1 unspecified atom stereocenters. The summed E-state index contributed by atoms with van der Waals surface area (Å²) in [4.78, 5) is 10.1. The van der Waals surface area contributed by atoms with Crippen LogP contribution in [0.15, 0.2) is 4.99 Å². The predicted octanol–water partition coefficient (Wildman–Crippen LogP) is 3.87. The predicted molar refractivity (Wildman–Crippen MR) is 104 cm³/mol. The molecule has 0 aromatic carbocycles. The number of nitrogens with zero attached hydrogens (tertiary/aromatic N) is 2. The molecule has 0 saturated heterocycles. The van der Waals surface area contributed by atoms with Crippen molar-refractivity contribution in [1.29, 1.82) is 0 Å². The minimum absolute atomic E-state index is 0. The zero-order valence-electron chi connectivity index (χ0n) is 14.0. The molecule has 1 aromatic heterocycles. The third kappa shape index (κ3) is 7.99. The lowest BCUT2D eigenvalue weighted by Gasteiger charge is -2.18. The van der Waals surface area contributed by atoms with Gasteiger partial charge >= 0.3 is 0 Å². The summed E-state index contributed by atoms with van der Waals surface area (Å²) in [6, 6.07) is 0.434. The number of aromatic nitrogens is 1. The Hall–Kier alpha value is -0.370. The van der Waals surface area contributed by atoms with Crippen LogP contribution in [0.2, 0.25) is 0 Å². The molecule has 0 amide bonds. The first-order valence-electron chi connectivity index (χ1n) is 7.32. The zero-order chi connectivity index (χ0) is 15.1. The van der Waals surface area contributed by atoms with E-state index in [-0.39, 0.29) is 24.0 Å². The third-order valence-corrected chi connectivity index (χ3v) is 4.34. The number of thiazole rings is 1. The number of hydrogen-bond donors (Lipinski definition) is 2. The highest BCUT2D eigenvalue weighted by Gasteiger charge is 2.08. The van der Waals surface area contributed by atoms with Gasteiger partial charge in [-0.1, -0.05) is 13.8 Å². The van der Waals surface area contributed by atoms with Gasteiger partial charge in [0.1, 0.15) is 5.01 Å². The number of rotatable bonds is 6. The highest BCUT2D eigenvalue weighted by atomic mass is 127. The maximum Gasteiger partial charge on any atom is 0.191 e. The summed E-state index contributed by atoms with van der Waals surface area (Å²) in [7, 11) is 1.81. The molecule has 0 aliphatic rings. The fourth-order valence-electron chi connectivity index (χ4n) is 1.86. The fraction of sp³-hybridized carbons (Fsp3) is 0.733. The van der Waals surface area contributed by atoms with Gasteiger partial charge in [-0.3, -0.25) is 4.99 Å². The fourth-order valence-corrected chi connectivity index (χ4v) is 2.73. The molecule has 1 atom stereocenters. The van der Waals surface area contributed by atoms with E-state index < -0.39 is 0 Å². The second-order valence-electron chi connectivity index (χ2n) is 5.69. The molecule has 0 fully saturated rings. The minimum Gasteiger partial charge on any atom is -0.354 e. The second-order valence-corrected chi connectivity index (χ2v) is 6.98. The Morgan fingerprint density at radius 1 is 1.24 bits per heavy atom. The lowest BCUT2D eigenvalue weighted by Crippen LogP contribution is -2.41. The van der Waals surface area contributed by atoms with Crippen LogP contribution < -0.4 is 10.6 Å². The van der Waals surface area contributed by atoms with Crippen molar-refractivity contribution in [2.75, 3.05) is 7.05 Å².